The number of amidine groups is 1. The van der Waals surface area contributed by atoms with Crippen LogP contribution >= 0.6 is 11.8 Å². The van der Waals surface area contributed by atoms with E-state index in [1.54, 1.807) is 11.8 Å². The number of hydrogen-bond donors (Lipinski definition) is 2. The van der Waals surface area contributed by atoms with Crippen molar-refractivity contribution >= 4 is 22.8 Å². The van der Waals surface area contributed by atoms with Gasteiger partial charge >= 0.3 is 0 Å². The summed E-state index contributed by atoms with van der Waals surface area (Å²) in [6.07, 6.45) is 1.97. The highest BCUT2D eigenvalue weighted by Crippen LogP contribution is 2.19. The number of piperidine rings is 1. The summed E-state index contributed by atoms with van der Waals surface area (Å²) >= 11 is 1.72. The first kappa shape index (κ1) is 9.83. The van der Waals surface area contributed by atoms with Gasteiger partial charge in [-0.3, -0.25) is 9.79 Å². The minimum Gasteiger partial charge on any atom is -0.354 e. The molecular formula is C9H15N3OS. The van der Waals surface area contributed by atoms with E-state index in [1.165, 1.54) is 0 Å². The number of amides is 1. The van der Waals surface area contributed by atoms with Crippen molar-refractivity contribution < 1.29 is 4.79 Å². The molecule has 0 aromatic heterocycles. The third kappa shape index (κ3) is 2.20. The van der Waals surface area contributed by atoms with Crippen LogP contribution in [-0.2, 0) is 4.79 Å². The van der Waals surface area contributed by atoms with E-state index in [4.69, 9.17) is 0 Å². The molecule has 2 N–H and O–H groups in total. The van der Waals surface area contributed by atoms with Crippen LogP contribution in [0.3, 0.4) is 0 Å². The molecule has 1 fully saturated rings. The number of rotatable bonds is 1. The van der Waals surface area contributed by atoms with Gasteiger partial charge in [0.15, 0.2) is 5.17 Å². The van der Waals surface area contributed by atoms with Crippen LogP contribution in [0.5, 0.6) is 0 Å². The molecule has 2 heterocycles. The molecule has 0 bridgehead atoms. The summed E-state index contributed by atoms with van der Waals surface area (Å²) in [6, 6.07) is -0.0692. The summed E-state index contributed by atoms with van der Waals surface area (Å²) in [6.45, 7) is 3.82. The van der Waals surface area contributed by atoms with Crippen molar-refractivity contribution in [1.82, 2.24) is 10.6 Å². The number of carbonyl (C=O) groups excluding carboxylic acids is 1. The molecule has 1 saturated heterocycles. The number of aliphatic imine (C=N–C) groups is 1. The quantitative estimate of drug-likeness (QED) is 0.660. The van der Waals surface area contributed by atoms with E-state index in [1.807, 2.05) is 0 Å². The highest BCUT2D eigenvalue weighted by atomic mass is 32.2. The van der Waals surface area contributed by atoms with Gasteiger partial charge in [0.1, 0.15) is 6.04 Å². The molecule has 2 atom stereocenters. The molecule has 0 saturated carbocycles. The molecule has 0 aromatic carbocycles. The van der Waals surface area contributed by atoms with Crippen LogP contribution in [0.2, 0.25) is 0 Å². The Labute approximate surface area is 87.9 Å². The normalized spacial score (nSPS) is 32.4. The van der Waals surface area contributed by atoms with E-state index >= 15 is 0 Å². The Balaban J connectivity index is 1.87. The Kier molecular flexibility index (Phi) is 2.96. The summed E-state index contributed by atoms with van der Waals surface area (Å²) in [5.74, 6) is 0.110. The summed E-state index contributed by atoms with van der Waals surface area (Å²) in [4.78, 5) is 15.8. The Bertz CT molecular complexity index is 267. The van der Waals surface area contributed by atoms with Crippen LogP contribution in [0.25, 0.3) is 0 Å². The van der Waals surface area contributed by atoms with E-state index in [0.29, 0.717) is 5.25 Å². The van der Waals surface area contributed by atoms with Gasteiger partial charge in [0.05, 0.1) is 6.54 Å². The largest absolute Gasteiger partial charge is 0.354 e. The third-order valence-corrected chi connectivity index (χ3v) is 3.41. The first-order valence-electron chi connectivity index (χ1n) is 5.01. The maximum atomic E-state index is 11.4. The molecule has 4 nitrogen and oxygen atoms in total. The lowest BCUT2D eigenvalue weighted by molar-refractivity contribution is -0.124. The van der Waals surface area contributed by atoms with Crippen LogP contribution in [0.15, 0.2) is 4.99 Å². The lowest BCUT2D eigenvalue weighted by Crippen LogP contribution is -2.49. The minimum absolute atomic E-state index is 0.0692. The highest BCUT2D eigenvalue weighted by molar-refractivity contribution is 8.14. The fourth-order valence-corrected chi connectivity index (χ4v) is 2.50. The maximum Gasteiger partial charge on any atom is 0.242 e. The summed E-state index contributed by atoms with van der Waals surface area (Å²) in [7, 11) is 0. The Morgan fingerprint density at radius 1 is 1.64 bits per heavy atom. The van der Waals surface area contributed by atoms with Gasteiger partial charge in [0.2, 0.25) is 5.91 Å². The van der Waals surface area contributed by atoms with Gasteiger partial charge in [-0.1, -0.05) is 18.7 Å². The lowest BCUT2D eigenvalue weighted by atomic mass is 10.1. The molecular weight excluding hydrogens is 198 g/mol. The highest BCUT2D eigenvalue weighted by Gasteiger charge is 2.25. The Morgan fingerprint density at radius 3 is 3.14 bits per heavy atom. The molecule has 1 amide bonds. The van der Waals surface area contributed by atoms with Crippen LogP contribution in [0.4, 0.5) is 0 Å². The molecule has 5 heteroatoms. The second-order valence-corrected chi connectivity index (χ2v) is 5.13. The maximum absolute atomic E-state index is 11.4. The fourth-order valence-electron chi connectivity index (χ4n) is 1.62. The molecule has 2 aliphatic heterocycles. The topological polar surface area (TPSA) is 53.5 Å². The van der Waals surface area contributed by atoms with Gasteiger partial charge in [-0.15, -0.1) is 0 Å². The number of hydrogen-bond acceptors (Lipinski definition) is 4. The summed E-state index contributed by atoms with van der Waals surface area (Å²) in [5.41, 5.74) is 0. The van der Waals surface area contributed by atoms with E-state index in [2.05, 4.69) is 22.5 Å². The molecule has 2 aliphatic rings. The van der Waals surface area contributed by atoms with Gasteiger partial charge in [-0.05, 0) is 12.8 Å². The zero-order valence-electron chi connectivity index (χ0n) is 8.25. The Hall–Kier alpha value is -0.710. The van der Waals surface area contributed by atoms with Crippen LogP contribution < -0.4 is 10.6 Å². The zero-order chi connectivity index (χ0) is 9.97. The minimum atomic E-state index is -0.0692. The number of carbonyl (C=O) groups is 1. The van der Waals surface area contributed by atoms with Crippen molar-refractivity contribution in [2.45, 2.75) is 31.1 Å². The Morgan fingerprint density at radius 2 is 2.50 bits per heavy atom. The number of thioether (sulfide) groups is 1. The average molecular weight is 213 g/mol. The van der Waals surface area contributed by atoms with Crippen LogP contribution in [-0.4, -0.2) is 35.5 Å². The van der Waals surface area contributed by atoms with Crippen molar-refractivity contribution in [3.8, 4) is 0 Å². The lowest BCUT2D eigenvalue weighted by Gasteiger charge is -2.23. The van der Waals surface area contributed by atoms with Crippen LogP contribution in [0, 0.1) is 0 Å². The molecule has 2 rings (SSSR count). The molecule has 0 aromatic rings. The van der Waals surface area contributed by atoms with E-state index in [0.717, 1.165) is 31.1 Å². The first-order valence-corrected chi connectivity index (χ1v) is 5.89. The number of nitrogens with one attached hydrogen (secondary N) is 2. The van der Waals surface area contributed by atoms with Gasteiger partial charge in [0.25, 0.3) is 0 Å². The van der Waals surface area contributed by atoms with Crippen molar-refractivity contribution in [3.63, 3.8) is 0 Å². The predicted octanol–water partition coefficient (Wildman–Crippen LogP) is 0.346. The van der Waals surface area contributed by atoms with E-state index in [9.17, 15) is 4.79 Å². The zero-order valence-corrected chi connectivity index (χ0v) is 9.06. The predicted molar refractivity (Wildman–Crippen MR) is 58.5 cm³/mol. The molecule has 0 spiro atoms. The fraction of sp³-hybridized carbons (Fsp3) is 0.778. The van der Waals surface area contributed by atoms with Crippen molar-refractivity contribution in [2.24, 2.45) is 4.99 Å². The molecule has 2 unspecified atom stereocenters. The van der Waals surface area contributed by atoms with Gasteiger partial charge in [-0.25, -0.2) is 0 Å². The second-order valence-electron chi connectivity index (χ2n) is 3.70. The standard InChI is InChI=1S/C9H15N3OS/c1-6-5-11-9(14-6)12-7-3-2-4-10-8(7)13/h6-7H,2-5H2,1H3,(H,10,13)(H,11,12). The number of nitrogens with zero attached hydrogens (tertiary/aromatic N) is 1. The van der Waals surface area contributed by atoms with Crippen molar-refractivity contribution in [2.75, 3.05) is 13.1 Å². The van der Waals surface area contributed by atoms with Crippen LogP contribution in [0.1, 0.15) is 19.8 Å². The van der Waals surface area contributed by atoms with Gasteiger partial charge < -0.3 is 10.6 Å². The van der Waals surface area contributed by atoms with Gasteiger partial charge in [-0.2, -0.15) is 0 Å². The second kappa shape index (κ2) is 4.21. The smallest absolute Gasteiger partial charge is 0.242 e. The van der Waals surface area contributed by atoms with Crippen molar-refractivity contribution in [1.29, 1.82) is 0 Å². The molecule has 78 valence electrons. The molecule has 0 radical (unpaired) electrons. The average Bonchev–Trinajstić information content (AvgIpc) is 2.56. The summed E-state index contributed by atoms with van der Waals surface area (Å²) in [5, 5.41) is 7.53. The van der Waals surface area contributed by atoms with Gasteiger partial charge in [0, 0.05) is 11.8 Å². The van der Waals surface area contributed by atoms with E-state index in [-0.39, 0.29) is 11.9 Å². The summed E-state index contributed by atoms with van der Waals surface area (Å²) < 4.78 is 0. The molecule has 14 heavy (non-hydrogen) atoms. The third-order valence-electron chi connectivity index (χ3n) is 2.39. The van der Waals surface area contributed by atoms with Crippen molar-refractivity contribution in [3.05, 3.63) is 0 Å². The van der Waals surface area contributed by atoms with E-state index < -0.39 is 0 Å². The monoisotopic (exact) mass is 213 g/mol. The first-order chi connectivity index (χ1) is 6.75. The SMILES string of the molecule is CC1CN=C(NC2CCCNC2=O)S1. The molecule has 0 aliphatic carbocycles.